The number of hydrogen-bond acceptors (Lipinski definition) is 6. The molecular formula is C21H23ClN2O4S. The van der Waals surface area contributed by atoms with Gasteiger partial charge in [-0.1, -0.05) is 17.7 Å². The average Bonchev–Trinajstić information content (AvgIpc) is 3.32. The van der Waals surface area contributed by atoms with Crippen molar-refractivity contribution in [1.29, 1.82) is 0 Å². The van der Waals surface area contributed by atoms with E-state index in [9.17, 15) is 9.59 Å². The molecule has 2 aliphatic rings. The maximum atomic E-state index is 12.7. The lowest BCUT2D eigenvalue weighted by Crippen LogP contribution is -2.37. The molecule has 8 heteroatoms. The van der Waals surface area contributed by atoms with Crippen LogP contribution in [0.15, 0.2) is 29.6 Å². The Morgan fingerprint density at radius 3 is 2.76 bits per heavy atom. The molecular weight excluding hydrogens is 412 g/mol. The number of hydrogen-bond donors (Lipinski definition) is 1. The number of halogens is 1. The highest BCUT2D eigenvalue weighted by atomic mass is 35.5. The SMILES string of the molecule is O=C(CN1CCC[C@H]1CC(=O)c1cccs1)Nc1cc2c(cc1Cl)OCCCO2. The van der Waals surface area contributed by atoms with E-state index >= 15 is 0 Å². The van der Waals surface area contributed by atoms with Gasteiger partial charge >= 0.3 is 0 Å². The standard InChI is InChI=1S/C21H23ClN2O4S/c22-15-11-18-19(28-8-3-7-27-18)12-16(15)23-21(26)13-24-6-1-4-14(24)10-17(25)20-5-2-9-29-20/h2,5,9,11-12,14H,1,3-4,6-8,10,13H2,(H,23,26)/t14-/m0/s1. The first-order chi connectivity index (χ1) is 14.1. The third-order valence-corrected chi connectivity index (χ3v) is 6.40. The number of benzene rings is 1. The molecule has 1 N–H and O–H groups in total. The molecule has 29 heavy (non-hydrogen) atoms. The zero-order chi connectivity index (χ0) is 20.2. The van der Waals surface area contributed by atoms with Crippen molar-refractivity contribution in [3.8, 4) is 11.5 Å². The summed E-state index contributed by atoms with van der Waals surface area (Å²) in [7, 11) is 0. The van der Waals surface area contributed by atoms with Crippen LogP contribution in [0.1, 0.15) is 35.4 Å². The predicted octanol–water partition coefficient (Wildman–Crippen LogP) is 4.24. The van der Waals surface area contributed by atoms with Crippen LogP contribution in [0.4, 0.5) is 5.69 Å². The van der Waals surface area contributed by atoms with Crippen LogP contribution in [-0.4, -0.2) is 48.9 Å². The van der Waals surface area contributed by atoms with Gasteiger partial charge in [0.2, 0.25) is 5.91 Å². The third-order valence-electron chi connectivity index (χ3n) is 5.17. The van der Waals surface area contributed by atoms with Gasteiger partial charge < -0.3 is 14.8 Å². The molecule has 1 amide bonds. The Morgan fingerprint density at radius 2 is 2.00 bits per heavy atom. The highest BCUT2D eigenvalue weighted by molar-refractivity contribution is 7.12. The number of ether oxygens (including phenoxy) is 2. The molecule has 1 aromatic heterocycles. The fraction of sp³-hybridized carbons (Fsp3) is 0.429. The normalized spacial score (nSPS) is 19.0. The number of anilines is 1. The molecule has 1 saturated heterocycles. The Balaban J connectivity index is 1.37. The number of carbonyl (C=O) groups is 2. The molecule has 4 rings (SSSR count). The summed E-state index contributed by atoms with van der Waals surface area (Å²) in [6.45, 7) is 2.18. The van der Waals surface area contributed by atoms with Crippen LogP contribution >= 0.6 is 22.9 Å². The summed E-state index contributed by atoms with van der Waals surface area (Å²) in [5, 5.41) is 5.20. The lowest BCUT2D eigenvalue weighted by molar-refractivity contribution is -0.117. The van der Waals surface area contributed by atoms with Gasteiger partial charge in [-0.2, -0.15) is 0 Å². The van der Waals surface area contributed by atoms with E-state index in [4.69, 9.17) is 21.1 Å². The van der Waals surface area contributed by atoms with E-state index in [-0.39, 0.29) is 24.3 Å². The molecule has 1 atom stereocenters. The third kappa shape index (κ3) is 4.91. The molecule has 2 aromatic rings. The molecule has 0 radical (unpaired) electrons. The van der Waals surface area contributed by atoms with Gasteiger partial charge in [0.1, 0.15) is 0 Å². The average molecular weight is 435 g/mol. The molecule has 0 bridgehead atoms. The number of likely N-dealkylation sites (tertiary alicyclic amines) is 1. The van der Waals surface area contributed by atoms with Crippen LogP contribution in [0.5, 0.6) is 11.5 Å². The van der Waals surface area contributed by atoms with Gasteiger partial charge in [-0.3, -0.25) is 14.5 Å². The first-order valence-electron chi connectivity index (χ1n) is 9.80. The monoisotopic (exact) mass is 434 g/mol. The Labute approximate surface area is 178 Å². The van der Waals surface area contributed by atoms with Gasteiger partial charge in [0.25, 0.3) is 0 Å². The second-order valence-electron chi connectivity index (χ2n) is 7.25. The van der Waals surface area contributed by atoms with Gasteiger partial charge in [-0.25, -0.2) is 0 Å². The fourth-order valence-corrected chi connectivity index (χ4v) is 4.62. The molecule has 3 heterocycles. The van der Waals surface area contributed by atoms with Crippen LogP contribution in [-0.2, 0) is 4.79 Å². The molecule has 6 nitrogen and oxygen atoms in total. The lowest BCUT2D eigenvalue weighted by Gasteiger charge is -2.23. The Hall–Kier alpha value is -2.09. The van der Waals surface area contributed by atoms with E-state index in [2.05, 4.69) is 10.2 Å². The molecule has 1 fully saturated rings. The van der Waals surface area contributed by atoms with Crippen LogP contribution in [0.2, 0.25) is 5.02 Å². The van der Waals surface area contributed by atoms with Crippen molar-refractivity contribution in [3.63, 3.8) is 0 Å². The summed E-state index contributed by atoms with van der Waals surface area (Å²) >= 11 is 7.78. The number of rotatable bonds is 6. The number of carbonyl (C=O) groups excluding carboxylic acids is 2. The van der Waals surface area contributed by atoms with Crippen molar-refractivity contribution in [1.82, 2.24) is 4.90 Å². The van der Waals surface area contributed by atoms with Gasteiger partial charge in [0.15, 0.2) is 17.3 Å². The van der Waals surface area contributed by atoms with Crippen molar-refractivity contribution >= 4 is 40.3 Å². The van der Waals surface area contributed by atoms with Crippen molar-refractivity contribution in [2.24, 2.45) is 0 Å². The van der Waals surface area contributed by atoms with E-state index in [0.29, 0.717) is 41.8 Å². The number of Topliss-reactive ketones (excluding diaryl/α,β-unsaturated/α-hetero) is 1. The van der Waals surface area contributed by atoms with Crippen molar-refractivity contribution in [3.05, 3.63) is 39.5 Å². The molecule has 1 aromatic carbocycles. The van der Waals surface area contributed by atoms with Crippen LogP contribution < -0.4 is 14.8 Å². The Morgan fingerprint density at radius 1 is 1.21 bits per heavy atom. The largest absolute Gasteiger partial charge is 0.490 e. The van der Waals surface area contributed by atoms with Crippen LogP contribution in [0.3, 0.4) is 0 Å². The van der Waals surface area contributed by atoms with Crippen molar-refractivity contribution < 1.29 is 19.1 Å². The highest BCUT2D eigenvalue weighted by Gasteiger charge is 2.29. The van der Waals surface area contributed by atoms with Gasteiger partial charge in [-0.15, -0.1) is 11.3 Å². The summed E-state index contributed by atoms with van der Waals surface area (Å²) in [6, 6.07) is 7.22. The minimum Gasteiger partial charge on any atom is -0.490 e. The first-order valence-corrected chi connectivity index (χ1v) is 11.1. The van der Waals surface area contributed by atoms with E-state index in [0.717, 1.165) is 30.7 Å². The summed E-state index contributed by atoms with van der Waals surface area (Å²) in [4.78, 5) is 27.9. The predicted molar refractivity (Wildman–Crippen MR) is 114 cm³/mol. The van der Waals surface area contributed by atoms with E-state index in [1.54, 1.807) is 12.1 Å². The Kier molecular flexibility index (Phi) is 6.37. The van der Waals surface area contributed by atoms with Crippen molar-refractivity contribution in [2.75, 3.05) is 31.6 Å². The first kappa shape index (κ1) is 20.2. The van der Waals surface area contributed by atoms with Crippen LogP contribution in [0, 0.1) is 0 Å². The Bertz CT molecular complexity index is 887. The summed E-state index contributed by atoms with van der Waals surface area (Å²) in [5.41, 5.74) is 0.506. The molecule has 0 spiro atoms. The summed E-state index contributed by atoms with van der Waals surface area (Å²) < 4.78 is 11.3. The minimum atomic E-state index is -0.156. The number of ketones is 1. The maximum Gasteiger partial charge on any atom is 0.238 e. The van der Waals surface area contributed by atoms with Crippen molar-refractivity contribution in [2.45, 2.75) is 31.7 Å². The summed E-state index contributed by atoms with van der Waals surface area (Å²) in [6.07, 6.45) is 3.16. The van der Waals surface area contributed by atoms with E-state index < -0.39 is 0 Å². The zero-order valence-corrected chi connectivity index (χ0v) is 17.6. The second kappa shape index (κ2) is 9.15. The topological polar surface area (TPSA) is 67.9 Å². The van der Waals surface area contributed by atoms with Gasteiger partial charge in [0.05, 0.1) is 35.3 Å². The number of nitrogens with zero attached hydrogens (tertiary/aromatic N) is 1. The smallest absolute Gasteiger partial charge is 0.238 e. The number of thiophene rings is 1. The molecule has 0 unspecified atom stereocenters. The minimum absolute atomic E-state index is 0.0922. The molecule has 0 saturated carbocycles. The number of amides is 1. The highest BCUT2D eigenvalue weighted by Crippen LogP contribution is 2.37. The zero-order valence-electron chi connectivity index (χ0n) is 16.0. The summed E-state index contributed by atoms with van der Waals surface area (Å²) in [5.74, 6) is 1.17. The molecule has 154 valence electrons. The van der Waals surface area contributed by atoms with Gasteiger partial charge in [-0.05, 0) is 30.8 Å². The maximum absolute atomic E-state index is 12.7. The van der Waals surface area contributed by atoms with E-state index in [1.807, 2.05) is 17.5 Å². The number of nitrogens with one attached hydrogen (secondary N) is 1. The molecule has 0 aliphatic carbocycles. The number of fused-ring (bicyclic) bond motifs is 1. The quantitative estimate of drug-likeness (QED) is 0.689. The van der Waals surface area contributed by atoms with Gasteiger partial charge in [0, 0.05) is 31.0 Å². The molecule has 2 aliphatic heterocycles. The van der Waals surface area contributed by atoms with Crippen LogP contribution in [0.25, 0.3) is 0 Å². The second-order valence-corrected chi connectivity index (χ2v) is 8.60. The fourth-order valence-electron chi connectivity index (χ4n) is 3.74. The van der Waals surface area contributed by atoms with E-state index in [1.165, 1.54) is 11.3 Å². The lowest BCUT2D eigenvalue weighted by atomic mass is 10.1.